The molecule has 24 heavy (non-hydrogen) atoms. The minimum atomic E-state index is -3.82. The lowest BCUT2D eigenvalue weighted by molar-refractivity contribution is -0.142. The molecule has 1 aliphatic carbocycles. The summed E-state index contributed by atoms with van der Waals surface area (Å²) in [7, 11) is -3.82. The lowest BCUT2D eigenvalue weighted by atomic mass is 9.99. The Balaban J connectivity index is 1.82. The highest BCUT2D eigenvalue weighted by Gasteiger charge is 2.40. The number of benzene rings is 1. The lowest BCUT2D eigenvalue weighted by Gasteiger charge is -2.16. The minimum Gasteiger partial charge on any atom is -0.481 e. The van der Waals surface area contributed by atoms with Crippen molar-refractivity contribution >= 4 is 21.9 Å². The highest BCUT2D eigenvalue weighted by molar-refractivity contribution is 7.89. The van der Waals surface area contributed by atoms with Gasteiger partial charge in [-0.1, -0.05) is 13.0 Å². The molecular formula is C16H20N2O5S. The van der Waals surface area contributed by atoms with Gasteiger partial charge in [0, 0.05) is 24.7 Å². The van der Waals surface area contributed by atoms with Crippen LogP contribution in [0.25, 0.3) is 0 Å². The Morgan fingerprint density at radius 3 is 2.54 bits per heavy atom. The van der Waals surface area contributed by atoms with Crippen molar-refractivity contribution in [2.75, 3.05) is 13.1 Å². The maximum absolute atomic E-state index is 12.8. The van der Waals surface area contributed by atoms with Crippen LogP contribution in [0.15, 0.2) is 29.2 Å². The summed E-state index contributed by atoms with van der Waals surface area (Å²) in [4.78, 5) is 23.3. The molecule has 2 aliphatic rings. The number of hydrogen-bond acceptors (Lipinski definition) is 4. The maximum Gasteiger partial charge on any atom is 0.308 e. The Morgan fingerprint density at radius 2 is 1.96 bits per heavy atom. The first kappa shape index (κ1) is 16.9. The largest absolute Gasteiger partial charge is 0.481 e. The zero-order valence-electron chi connectivity index (χ0n) is 13.3. The first-order chi connectivity index (χ1) is 11.3. The molecule has 1 heterocycles. The van der Waals surface area contributed by atoms with Crippen LogP contribution in [-0.2, 0) is 14.8 Å². The summed E-state index contributed by atoms with van der Waals surface area (Å²) in [5.41, 5.74) is 0.296. The monoisotopic (exact) mass is 352 g/mol. The third-order valence-electron chi connectivity index (χ3n) is 4.54. The van der Waals surface area contributed by atoms with Gasteiger partial charge in [-0.05, 0) is 37.0 Å². The number of sulfonamides is 1. The van der Waals surface area contributed by atoms with Gasteiger partial charge in [-0.15, -0.1) is 0 Å². The van der Waals surface area contributed by atoms with Crippen molar-refractivity contribution in [2.24, 2.45) is 11.8 Å². The first-order valence-electron chi connectivity index (χ1n) is 7.93. The molecule has 2 atom stereocenters. The van der Waals surface area contributed by atoms with E-state index >= 15 is 0 Å². The van der Waals surface area contributed by atoms with E-state index in [2.05, 4.69) is 5.32 Å². The van der Waals surface area contributed by atoms with Gasteiger partial charge in [0.1, 0.15) is 0 Å². The number of carbonyl (C=O) groups excluding carboxylic acids is 1. The molecule has 130 valence electrons. The van der Waals surface area contributed by atoms with Crippen LogP contribution in [-0.4, -0.2) is 48.8 Å². The van der Waals surface area contributed by atoms with Gasteiger partial charge < -0.3 is 10.4 Å². The average molecular weight is 352 g/mol. The molecule has 1 amide bonds. The van der Waals surface area contributed by atoms with Crippen molar-refractivity contribution in [3.63, 3.8) is 0 Å². The molecular weight excluding hydrogens is 332 g/mol. The van der Waals surface area contributed by atoms with Gasteiger partial charge in [-0.25, -0.2) is 8.42 Å². The smallest absolute Gasteiger partial charge is 0.308 e. The SMILES string of the molecule is C[C@@H]1CN(S(=O)(=O)c2cccc(C(=O)NC3CC3)c2)C[C@H]1C(=O)O. The van der Waals surface area contributed by atoms with Gasteiger partial charge >= 0.3 is 5.97 Å². The number of carboxylic acid groups (broad SMARTS) is 1. The molecule has 1 saturated carbocycles. The molecule has 1 aliphatic heterocycles. The topological polar surface area (TPSA) is 104 Å². The lowest BCUT2D eigenvalue weighted by Crippen LogP contribution is -2.30. The Labute approximate surface area is 140 Å². The van der Waals surface area contributed by atoms with Crippen LogP contribution in [0.5, 0.6) is 0 Å². The number of nitrogens with zero attached hydrogens (tertiary/aromatic N) is 1. The Hall–Kier alpha value is -1.93. The molecule has 1 saturated heterocycles. The Kier molecular flexibility index (Phi) is 4.35. The number of carbonyl (C=O) groups is 2. The van der Waals surface area contributed by atoms with Crippen molar-refractivity contribution in [1.82, 2.24) is 9.62 Å². The number of rotatable bonds is 5. The van der Waals surface area contributed by atoms with Crippen LogP contribution in [0.3, 0.4) is 0 Å². The van der Waals surface area contributed by atoms with E-state index < -0.39 is 21.9 Å². The summed E-state index contributed by atoms with van der Waals surface area (Å²) in [5.74, 6) is -2.23. The summed E-state index contributed by atoms with van der Waals surface area (Å²) in [6.07, 6.45) is 1.90. The summed E-state index contributed by atoms with van der Waals surface area (Å²) in [6.45, 7) is 1.85. The van der Waals surface area contributed by atoms with Gasteiger partial charge in [-0.2, -0.15) is 4.31 Å². The number of hydrogen-bond donors (Lipinski definition) is 2. The predicted molar refractivity (Wildman–Crippen MR) is 86.0 cm³/mol. The zero-order valence-corrected chi connectivity index (χ0v) is 14.1. The fourth-order valence-electron chi connectivity index (χ4n) is 2.88. The molecule has 1 aromatic rings. The maximum atomic E-state index is 12.8. The summed E-state index contributed by atoms with van der Waals surface area (Å²) in [6, 6.07) is 6.08. The molecule has 0 unspecified atom stereocenters. The summed E-state index contributed by atoms with van der Waals surface area (Å²) in [5, 5.41) is 12.0. The molecule has 0 spiro atoms. The van der Waals surface area contributed by atoms with E-state index in [0.29, 0.717) is 5.56 Å². The van der Waals surface area contributed by atoms with Gasteiger partial charge in [0.25, 0.3) is 5.91 Å². The normalized spacial score (nSPS) is 24.7. The van der Waals surface area contributed by atoms with Crippen LogP contribution in [0.2, 0.25) is 0 Å². The second kappa shape index (κ2) is 6.18. The van der Waals surface area contributed by atoms with E-state index in [1.165, 1.54) is 22.5 Å². The quantitative estimate of drug-likeness (QED) is 0.820. The van der Waals surface area contributed by atoms with Crippen LogP contribution >= 0.6 is 0 Å². The average Bonchev–Trinajstić information content (AvgIpc) is 3.25. The molecule has 0 bridgehead atoms. The molecule has 0 radical (unpaired) electrons. The van der Waals surface area contributed by atoms with Crippen LogP contribution in [0.1, 0.15) is 30.1 Å². The second-order valence-electron chi connectivity index (χ2n) is 6.52. The van der Waals surface area contributed by atoms with E-state index in [9.17, 15) is 23.1 Å². The fraction of sp³-hybridized carbons (Fsp3) is 0.500. The van der Waals surface area contributed by atoms with Gasteiger partial charge in [0.15, 0.2) is 0 Å². The van der Waals surface area contributed by atoms with Crippen LogP contribution < -0.4 is 5.32 Å². The van der Waals surface area contributed by atoms with Gasteiger partial charge in [0.05, 0.1) is 10.8 Å². The van der Waals surface area contributed by atoms with Crippen molar-refractivity contribution in [3.05, 3.63) is 29.8 Å². The molecule has 2 fully saturated rings. The fourth-order valence-corrected chi connectivity index (χ4v) is 4.50. The van der Waals surface area contributed by atoms with Crippen molar-refractivity contribution in [1.29, 1.82) is 0 Å². The third-order valence-corrected chi connectivity index (χ3v) is 6.37. The van der Waals surface area contributed by atoms with E-state index in [1.807, 2.05) is 0 Å². The van der Waals surface area contributed by atoms with E-state index in [-0.39, 0.29) is 35.9 Å². The molecule has 8 heteroatoms. The molecule has 3 rings (SSSR count). The zero-order chi connectivity index (χ0) is 17.5. The molecule has 0 aromatic heterocycles. The summed E-state index contributed by atoms with van der Waals surface area (Å²) >= 11 is 0. The van der Waals surface area contributed by atoms with E-state index in [0.717, 1.165) is 12.8 Å². The predicted octanol–water partition coefficient (Wildman–Crippen LogP) is 0.920. The molecule has 7 nitrogen and oxygen atoms in total. The van der Waals surface area contributed by atoms with Crippen LogP contribution in [0, 0.1) is 11.8 Å². The van der Waals surface area contributed by atoms with E-state index in [4.69, 9.17) is 0 Å². The van der Waals surface area contributed by atoms with E-state index in [1.54, 1.807) is 13.0 Å². The highest BCUT2D eigenvalue weighted by Crippen LogP contribution is 2.29. The number of carboxylic acids is 1. The van der Waals surface area contributed by atoms with Crippen molar-refractivity contribution in [3.8, 4) is 0 Å². The van der Waals surface area contributed by atoms with Gasteiger partial charge in [-0.3, -0.25) is 9.59 Å². The Bertz CT molecular complexity index is 772. The number of amides is 1. The molecule has 1 aromatic carbocycles. The first-order valence-corrected chi connectivity index (χ1v) is 9.37. The third kappa shape index (κ3) is 3.29. The van der Waals surface area contributed by atoms with Crippen LogP contribution in [0.4, 0.5) is 0 Å². The minimum absolute atomic E-state index is 0.0178. The Morgan fingerprint density at radius 1 is 1.25 bits per heavy atom. The number of nitrogens with one attached hydrogen (secondary N) is 1. The van der Waals surface area contributed by atoms with Crippen molar-refractivity contribution in [2.45, 2.75) is 30.7 Å². The second-order valence-corrected chi connectivity index (χ2v) is 8.46. The molecule has 2 N–H and O–H groups in total. The summed E-state index contributed by atoms with van der Waals surface area (Å²) < 4.78 is 26.7. The van der Waals surface area contributed by atoms with Gasteiger partial charge in [0.2, 0.25) is 10.0 Å². The van der Waals surface area contributed by atoms with Crippen molar-refractivity contribution < 1.29 is 23.1 Å². The number of aliphatic carboxylic acids is 1. The highest BCUT2D eigenvalue weighted by atomic mass is 32.2. The standard InChI is InChI=1S/C16H20N2O5S/c1-10-8-18(9-14(10)16(20)21)24(22,23)13-4-2-3-11(7-13)15(19)17-12-5-6-12/h2-4,7,10,12,14H,5-6,8-9H2,1H3,(H,17,19)(H,20,21)/t10-,14-/m1/s1.